The van der Waals surface area contributed by atoms with E-state index < -0.39 is 0 Å². The average Bonchev–Trinajstić information content (AvgIpc) is 2.61. The molecule has 0 heterocycles. The molecule has 0 aliphatic carbocycles. The van der Waals surface area contributed by atoms with Crippen LogP contribution < -0.4 is 20.7 Å². The van der Waals surface area contributed by atoms with Crippen LogP contribution in [0.3, 0.4) is 0 Å². The number of carbonyl (C=O) groups is 1. The van der Waals surface area contributed by atoms with E-state index in [0.29, 0.717) is 32.3 Å². The van der Waals surface area contributed by atoms with Gasteiger partial charge in [0, 0.05) is 32.8 Å². The number of aryl methyl sites for hydroxylation is 1. The monoisotopic (exact) mass is 350 g/mol. The van der Waals surface area contributed by atoms with Crippen molar-refractivity contribution in [3.63, 3.8) is 0 Å². The molecule has 0 aromatic heterocycles. The van der Waals surface area contributed by atoms with E-state index in [9.17, 15) is 4.79 Å². The molecule has 1 rings (SSSR count). The highest BCUT2D eigenvalue weighted by Crippen LogP contribution is 2.20. The van der Waals surface area contributed by atoms with E-state index in [1.54, 1.807) is 14.2 Å². The van der Waals surface area contributed by atoms with E-state index in [1.165, 1.54) is 0 Å². The summed E-state index contributed by atoms with van der Waals surface area (Å²) in [6.45, 7) is 6.48. The molecule has 1 amide bonds. The van der Waals surface area contributed by atoms with Gasteiger partial charge in [-0.1, -0.05) is 19.1 Å². The van der Waals surface area contributed by atoms with Gasteiger partial charge < -0.3 is 25.4 Å². The minimum atomic E-state index is -0.0521. The van der Waals surface area contributed by atoms with Gasteiger partial charge in [-0.15, -0.1) is 0 Å². The molecule has 0 aliphatic rings. The zero-order valence-electron chi connectivity index (χ0n) is 15.6. The van der Waals surface area contributed by atoms with Gasteiger partial charge in [-0.3, -0.25) is 9.79 Å². The van der Waals surface area contributed by atoms with E-state index in [1.807, 2.05) is 32.0 Å². The standard InChI is InChI=1S/C18H30N4O3/c1-5-8-20-17(23)13-22-18(19-3)21-12-15-7-6-14(2)11-16(15)25-10-9-24-4/h6-7,11H,5,8-10,12-13H2,1-4H3,(H,20,23)(H2,19,21,22). The van der Waals surface area contributed by atoms with Gasteiger partial charge in [-0.2, -0.15) is 0 Å². The highest BCUT2D eigenvalue weighted by Gasteiger charge is 2.07. The molecule has 1 aromatic rings. The fourth-order valence-electron chi connectivity index (χ4n) is 2.07. The van der Waals surface area contributed by atoms with Gasteiger partial charge in [0.15, 0.2) is 5.96 Å². The Bertz CT molecular complexity index is 561. The van der Waals surface area contributed by atoms with Crippen molar-refractivity contribution >= 4 is 11.9 Å². The molecule has 0 bridgehead atoms. The van der Waals surface area contributed by atoms with Crippen molar-refractivity contribution in [1.29, 1.82) is 0 Å². The largest absolute Gasteiger partial charge is 0.491 e. The molecule has 140 valence electrons. The number of nitrogens with zero attached hydrogens (tertiary/aromatic N) is 1. The van der Waals surface area contributed by atoms with Crippen LogP contribution in [0.2, 0.25) is 0 Å². The topological polar surface area (TPSA) is 84.0 Å². The number of benzene rings is 1. The quantitative estimate of drug-likeness (QED) is 0.336. The van der Waals surface area contributed by atoms with Gasteiger partial charge in [-0.05, 0) is 25.0 Å². The van der Waals surface area contributed by atoms with Gasteiger partial charge in [0.1, 0.15) is 12.4 Å². The van der Waals surface area contributed by atoms with Crippen molar-refractivity contribution in [1.82, 2.24) is 16.0 Å². The minimum Gasteiger partial charge on any atom is -0.491 e. The lowest BCUT2D eigenvalue weighted by Gasteiger charge is -2.15. The summed E-state index contributed by atoms with van der Waals surface area (Å²) in [5.74, 6) is 1.33. The number of rotatable bonds is 10. The lowest BCUT2D eigenvalue weighted by molar-refractivity contribution is -0.120. The maximum absolute atomic E-state index is 11.6. The molecular weight excluding hydrogens is 320 g/mol. The number of guanidine groups is 1. The van der Waals surface area contributed by atoms with Gasteiger partial charge in [0.25, 0.3) is 0 Å². The minimum absolute atomic E-state index is 0.0521. The normalized spacial score (nSPS) is 11.1. The molecule has 3 N–H and O–H groups in total. The Balaban J connectivity index is 2.55. The zero-order chi connectivity index (χ0) is 18.5. The van der Waals surface area contributed by atoms with E-state index in [4.69, 9.17) is 9.47 Å². The highest BCUT2D eigenvalue weighted by atomic mass is 16.5. The third-order valence-corrected chi connectivity index (χ3v) is 3.43. The van der Waals surface area contributed by atoms with Gasteiger partial charge >= 0.3 is 0 Å². The fourth-order valence-corrected chi connectivity index (χ4v) is 2.07. The third-order valence-electron chi connectivity index (χ3n) is 3.43. The molecule has 0 aliphatic heterocycles. The molecule has 0 unspecified atom stereocenters. The van der Waals surface area contributed by atoms with E-state index >= 15 is 0 Å². The molecule has 0 saturated carbocycles. The third kappa shape index (κ3) is 8.39. The number of nitrogens with one attached hydrogen (secondary N) is 3. The van der Waals surface area contributed by atoms with Crippen LogP contribution in [0.15, 0.2) is 23.2 Å². The lowest BCUT2D eigenvalue weighted by Crippen LogP contribution is -2.43. The van der Waals surface area contributed by atoms with E-state index in [2.05, 4.69) is 20.9 Å². The van der Waals surface area contributed by atoms with Crippen LogP contribution >= 0.6 is 0 Å². The van der Waals surface area contributed by atoms with Crippen LogP contribution in [-0.4, -0.2) is 52.3 Å². The predicted octanol–water partition coefficient (Wildman–Crippen LogP) is 1.21. The number of hydrogen-bond donors (Lipinski definition) is 3. The van der Waals surface area contributed by atoms with Crippen molar-refractivity contribution in [3.8, 4) is 5.75 Å². The summed E-state index contributed by atoms with van der Waals surface area (Å²) >= 11 is 0. The maximum Gasteiger partial charge on any atom is 0.239 e. The van der Waals surface area contributed by atoms with Gasteiger partial charge in [-0.25, -0.2) is 0 Å². The van der Waals surface area contributed by atoms with Crippen LogP contribution in [0.25, 0.3) is 0 Å². The summed E-state index contributed by atoms with van der Waals surface area (Å²) < 4.78 is 10.8. The summed E-state index contributed by atoms with van der Waals surface area (Å²) in [5.41, 5.74) is 2.14. The summed E-state index contributed by atoms with van der Waals surface area (Å²) in [7, 11) is 3.32. The first-order chi connectivity index (χ1) is 12.1. The second-order valence-electron chi connectivity index (χ2n) is 5.58. The predicted molar refractivity (Wildman–Crippen MR) is 100 cm³/mol. The van der Waals surface area contributed by atoms with Crippen LogP contribution in [-0.2, 0) is 16.1 Å². The summed E-state index contributed by atoms with van der Waals surface area (Å²) in [6, 6.07) is 6.06. The summed E-state index contributed by atoms with van der Waals surface area (Å²) in [6.07, 6.45) is 0.915. The fraction of sp³-hybridized carbons (Fsp3) is 0.556. The zero-order valence-corrected chi connectivity index (χ0v) is 15.6. The SMILES string of the molecule is CCCNC(=O)CNC(=NC)NCc1ccc(C)cc1OCCOC. The number of carbonyl (C=O) groups excluding carboxylic acids is 1. The molecular formula is C18H30N4O3. The number of hydrogen-bond acceptors (Lipinski definition) is 4. The molecule has 25 heavy (non-hydrogen) atoms. The Morgan fingerprint density at radius 3 is 2.68 bits per heavy atom. The maximum atomic E-state index is 11.6. The number of aliphatic imine (C=N–C) groups is 1. The molecule has 0 radical (unpaired) electrons. The van der Waals surface area contributed by atoms with E-state index in [-0.39, 0.29) is 12.5 Å². The van der Waals surface area contributed by atoms with Gasteiger partial charge in [0.2, 0.25) is 5.91 Å². The number of amides is 1. The molecule has 0 fully saturated rings. The second kappa shape index (κ2) is 12.1. The Morgan fingerprint density at radius 2 is 2.00 bits per heavy atom. The number of methoxy groups -OCH3 is 1. The summed E-state index contributed by atoms with van der Waals surface area (Å²) in [5, 5.41) is 9.01. The van der Waals surface area contributed by atoms with E-state index in [0.717, 1.165) is 23.3 Å². The van der Waals surface area contributed by atoms with Gasteiger partial charge in [0.05, 0.1) is 13.2 Å². The molecule has 1 aromatic carbocycles. The first-order valence-electron chi connectivity index (χ1n) is 8.53. The molecule has 0 atom stereocenters. The van der Waals surface area contributed by atoms with Crippen LogP contribution in [0, 0.1) is 6.92 Å². The average molecular weight is 350 g/mol. The molecule has 0 spiro atoms. The van der Waals surface area contributed by atoms with Crippen LogP contribution in [0.5, 0.6) is 5.75 Å². The second-order valence-corrected chi connectivity index (χ2v) is 5.58. The molecule has 7 heteroatoms. The Kier molecular flexibility index (Phi) is 10.1. The first kappa shape index (κ1) is 20.8. The lowest BCUT2D eigenvalue weighted by atomic mass is 10.1. The summed E-state index contributed by atoms with van der Waals surface area (Å²) in [4.78, 5) is 15.8. The Hall–Kier alpha value is -2.28. The number of ether oxygens (including phenoxy) is 2. The molecule has 7 nitrogen and oxygen atoms in total. The van der Waals surface area contributed by atoms with Crippen LogP contribution in [0.4, 0.5) is 0 Å². The van der Waals surface area contributed by atoms with Crippen molar-refractivity contribution in [2.75, 3.05) is 40.5 Å². The van der Waals surface area contributed by atoms with Crippen LogP contribution in [0.1, 0.15) is 24.5 Å². The molecule has 0 saturated heterocycles. The van der Waals surface area contributed by atoms with Crippen molar-refractivity contribution in [2.45, 2.75) is 26.8 Å². The first-order valence-corrected chi connectivity index (χ1v) is 8.53. The Labute approximate surface area is 150 Å². The van der Waals surface area contributed by atoms with Crippen molar-refractivity contribution in [2.24, 2.45) is 4.99 Å². The Morgan fingerprint density at radius 1 is 1.20 bits per heavy atom. The smallest absolute Gasteiger partial charge is 0.239 e. The van der Waals surface area contributed by atoms with Crippen molar-refractivity contribution < 1.29 is 14.3 Å². The van der Waals surface area contributed by atoms with Crippen molar-refractivity contribution in [3.05, 3.63) is 29.3 Å². The highest BCUT2D eigenvalue weighted by molar-refractivity contribution is 5.86.